The molecule has 0 radical (unpaired) electrons. The average molecular weight is 505 g/mol. The van der Waals surface area contributed by atoms with Gasteiger partial charge in [0.2, 0.25) is 5.13 Å². The van der Waals surface area contributed by atoms with Crippen molar-refractivity contribution < 1.29 is 17.2 Å². The third kappa shape index (κ3) is 4.09. The molecule has 0 spiro atoms. The monoisotopic (exact) mass is 504 g/mol. The van der Waals surface area contributed by atoms with Crippen LogP contribution in [0, 0.1) is 11.6 Å². The smallest absolute Gasteiger partial charge is 0.266 e. The Labute approximate surface area is 192 Å². The van der Waals surface area contributed by atoms with E-state index in [1.54, 1.807) is 6.07 Å². The zero-order chi connectivity index (χ0) is 22.6. The molecule has 1 aliphatic rings. The van der Waals surface area contributed by atoms with Crippen molar-refractivity contribution in [1.82, 2.24) is 9.36 Å². The van der Waals surface area contributed by atoms with Gasteiger partial charge in [0.15, 0.2) is 0 Å². The number of hydrogen-bond acceptors (Lipinski definition) is 6. The first-order valence-electron chi connectivity index (χ1n) is 9.00. The fourth-order valence-electron chi connectivity index (χ4n) is 3.72. The molecule has 6 nitrogen and oxygen atoms in total. The summed E-state index contributed by atoms with van der Waals surface area (Å²) in [6.07, 6.45) is 1.18. The molecule has 0 unspecified atom stereocenters. The number of nitrogens with one attached hydrogen (secondary N) is 1. The molecular weight excluding hydrogens is 489 g/mol. The van der Waals surface area contributed by atoms with E-state index in [2.05, 4.69) is 14.1 Å². The maximum Gasteiger partial charge on any atom is 0.266 e. The molecule has 1 N–H and O–H groups in total. The molecule has 0 atom stereocenters. The van der Waals surface area contributed by atoms with Crippen molar-refractivity contribution in [2.45, 2.75) is 30.7 Å². The maximum atomic E-state index is 14.8. The van der Waals surface area contributed by atoms with Gasteiger partial charge in [0, 0.05) is 46.3 Å². The highest BCUT2D eigenvalue weighted by Gasteiger charge is 2.38. The maximum absolute atomic E-state index is 14.8. The van der Waals surface area contributed by atoms with Gasteiger partial charge in [-0.05, 0) is 29.8 Å². The van der Waals surface area contributed by atoms with Crippen molar-refractivity contribution in [3.8, 4) is 0 Å². The molecule has 0 fully saturated rings. The third-order valence-electron chi connectivity index (χ3n) is 5.01. The second-order valence-electron chi connectivity index (χ2n) is 7.72. The van der Waals surface area contributed by atoms with Crippen molar-refractivity contribution >= 4 is 55.6 Å². The lowest BCUT2D eigenvalue weighted by Gasteiger charge is -2.23. The van der Waals surface area contributed by atoms with Crippen LogP contribution in [0.4, 0.5) is 19.6 Å². The second kappa shape index (κ2) is 7.84. The lowest BCUT2D eigenvalue weighted by Crippen LogP contribution is -2.28. The molecule has 12 heteroatoms. The Hall–Kier alpha value is -2.01. The lowest BCUT2D eigenvalue weighted by molar-refractivity contribution is 0.543. The van der Waals surface area contributed by atoms with E-state index >= 15 is 0 Å². The highest BCUT2D eigenvalue weighted by Crippen LogP contribution is 2.46. The zero-order valence-corrected chi connectivity index (χ0v) is 19.4. The van der Waals surface area contributed by atoms with Crippen molar-refractivity contribution in [3.63, 3.8) is 0 Å². The molecule has 4 rings (SSSR count). The molecule has 0 saturated carbocycles. The number of benzene rings is 2. The molecule has 3 aromatic rings. The van der Waals surface area contributed by atoms with Crippen LogP contribution in [0.15, 0.2) is 35.5 Å². The van der Waals surface area contributed by atoms with Gasteiger partial charge in [0.1, 0.15) is 22.9 Å². The molecule has 1 aliphatic heterocycles. The van der Waals surface area contributed by atoms with E-state index < -0.39 is 32.0 Å². The van der Waals surface area contributed by atoms with Crippen molar-refractivity contribution in [1.29, 1.82) is 0 Å². The summed E-state index contributed by atoms with van der Waals surface area (Å²) in [5.74, 6) is -1.45. The molecule has 0 bridgehead atoms. The fourth-order valence-corrected chi connectivity index (χ4v) is 6.17. The number of nitrogens with zero attached hydrogens (tertiary/aromatic N) is 3. The summed E-state index contributed by atoms with van der Waals surface area (Å²) < 4.78 is 59.7. The predicted octanol–water partition coefficient (Wildman–Crippen LogP) is 5.22. The van der Waals surface area contributed by atoms with Crippen LogP contribution in [-0.2, 0) is 22.0 Å². The first-order valence-corrected chi connectivity index (χ1v) is 12.0. The number of anilines is 2. The van der Waals surface area contributed by atoms with E-state index in [1.807, 2.05) is 18.7 Å². The van der Waals surface area contributed by atoms with E-state index in [4.69, 9.17) is 23.2 Å². The van der Waals surface area contributed by atoms with Gasteiger partial charge in [-0.25, -0.2) is 22.2 Å². The summed E-state index contributed by atoms with van der Waals surface area (Å²) >= 11 is 13.4. The minimum absolute atomic E-state index is 0.0135. The number of rotatable bonds is 5. The quantitative estimate of drug-likeness (QED) is 0.515. The number of aromatic nitrogens is 2. The Bertz CT molecular complexity index is 1270. The van der Waals surface area contributed by atoms with Crippen LogP contribution in [0.25, 0.3) is 0 Å². The molecule has 31 heavy (non-hydrogen) atoms. The SMILES string of the molecule is CC1(C)CN(Cc2cc(F)c(S(=O)(=O)Nc3ncns3)cc2Cl)c2ccc(F)c(Cl)c21. The van der Waals surface area contributed by atoms with Gasteiger partial charge >= 0.3 is 0 Å². The van der Waals surface area contributed by atoms with Crippen molar-refractivity contribution in [3.05, 3.63) is 63.4 Å². The lowest BCUT2D eigenvalue weighted by atomic mass is 9.87. The molecular formula is C19H16Cl2F2N4O2S2. The normalized spacial score (nSPS) is 15.2. The molecule has 0 aliphatic carbocycles. The molecule has 2 heterocycles. The average Bonchev–Trinajstić information content (AvgIpc) is 3.26. The van der Waals surface area contributed by atoms with Crippen molar-refractivity contribution in [2.75, 3.05) is 16.2 Å². The van der Waals surface area contributed by atoms with Crippen molar-refractivity contribution in [2.24, 2.45) is 0 Å². The van der Waals surface area contributed by atoms with E-state index in [-0.39, 0.29) is 21.7 Å². The van der Waals surface area contributed by atoms with E-state index in [0.717, 1.165) is 29.4 Å². The van der Waals surface area contributed by atoms with Gasteiger partial charge in [0.05, 0.1) is 5.02 Å². The zero-order valence-electron chi connectivity index (χ0n) is 16.3. The number of sulfonamides is 1. The number of fused-ring (bicyclic) bond motifs is 1. The minimum Gasteiger partial charge on any atom is -0.366 e. The van der Waals surface area contributed by atoms with Gasteiger partial charge in [-0.2, -0.15) is 4.37 Å². The molecule has 164 valence electrons. The number of halogens is 4. The topological polar surface area (TPSA) is 75.2 Å². The number of hydrogen-bond donors (Lipinski definition) is 1. The summed E-state index contributed by atoms with van der Waals surface area (Å²) in [7, 11) is -4.23. The third-order valence-corrected chi connectivity index (χ3v) is 7.80. The van der Waals surface area contributed by atoms with Crippen LogP contribution in [-0.4, -0.2) is 24.3 Å². The Morgan fingerprint density at radius 1 is 1.23 bits per heavy atom. The Balaban J connectivity index is 1.66. The first-order chi connectivity index (χ1) is 14.5. The standard InChI is InChI=1S/C19H16Cl2F2N4O2S2/c1-19(2)8-27(14-4-3-12(22)17(21)16(14)19)7-10-5-13(23)15(6-11(10)20)31(28,29)26-18-24-9-25-30-18/h3-6,9H,7-8H2,1-2H3,(H,24,25,26). The van der Waals surface area contributed by atoms with Gasteiger partial charge in [0.25, 0.3) is 10.0 Å². The van der Waals surface area contributed by atoms with E-state index in [1.165, 1.54) is 12.4 Å². The Kier molecular flexibility index (Phi) is 5.61. The Morgan fingerprint density at radius 2 is 1.97 bits per heavy atom. The highest BCUT2D eigenvalue weighted by atomic mass is 35.5. The summed E-state index contributed by atoms with van der Waals surface area (Å²) in [5, 5.41) is 0.157. The van der Waals surface area contributed by atoms with Gasteiger partial charge < -0.3 is 4.90 Å². The van der Waals surface area contributed by atoms with Crippen LogP contribution in [0.2, 0.25) is 10.0 Å². The highest BCUT2D eigenvalue weighted by molar-refractivity contribution is 7.93. The summed E-state index contributed by atoms with van der Waals surface area (Å²) in [6, 6.07) is 5.06. The fraction of sp³-hybridized carbons (Fsp3) is 0.263. The first kappa shape index (κ1) is 22.2. The van der Waals surface area contributed by atoms with Gasteiger partial charge in [-0.3, -0.25) is 4.72 Å². The van der Waals surface area contributed by atoms with Crippen LogP contribution in [0.5, 0.6) is 0 Å². The minimum atomic E-state index is -4.23. The van der Waals surface area contributed by atoms with Crippen LogP contribution >= 0.6 is 34.7 Å². The van der Waals surface area contributed by atoms with E-state index in [0.29, 0.717) is 17.7 Å². The molecule has 0 saturated heterocycles. The van der Waals surface area contributed by atoms with Crippen LogP contribution < -0.4 is 9.62 Å². The molecule has 1 aromatic heterocycles. The summed E-state index contributed by atoms with van der Waals surface area (Å²) in [4.78, 5) is 5.05. The van der Waals surface area contributed by atoms with Gasteiger partial charge in [-0.15, -0.1) is 0 Å². The molecule has 0 amide bonds. The van der Waals surface area contributed by atoms with Crippen LogP contribution in [0.1, 0.15) is 25.0 Å². The Morgan fingerprint density at radius 3 is 2.65 bits per heavy atom. The summed E-state index contributed by atoms with van der Waals surface area (Å²) in [6.45, 7) is 4.57. The van der Waals surface area contributed by atoms with Crippen LogP contribution in [0.3, 0.4) is 0 Å². The molecule has 2 aromatic carbocycles. The van der Waals surface area contributed by atoms with E-state index in [9.17, 15) is 17.2 Å². The largest absolute Gasteiger partial charge is 0.366 e. The second-order valence-corrected chi connectivity index (χ2v) is 10.9. The predicted molar refractivity (Wildman–Crippen MR) is 118 cm³/mol. The summed E-state index contributed by atoms with van der Waals surface area (Å²) in [5.41, 5.74) is 1.35. The van der Waals surface area contributed by atoms with Gasteiger partial charge in [-0.1, -0.05) is 37.0 Å².